The first-order chi connectivity index (χ1) is 12.7. The van der Waals surface area contributed by atoms with E-state index in [0.29, 0.717) is 22.9 Å². The average Bonchev–Trinajstić information content (AvgIpc) is 2.69. The minimum Gasteiger partial charge on any atom is -0.393 e. The first kappa shape index (κ1) is 17.7. The summed E-state index contributed by atoms with van der Waals surface area (Å²) in [5.74, 6) is 0.570. The van der Waals surface area contributed by atoms with Crippen LogP contribution in [0.25, 0.3) is 0 Å². The number of amides is 1. The number of hydrazine groups is 1. The lowest BCUT2D eigenvalue weighted by atomic mass is 9.97. The molecule has 1 amide bonds. The quantitative estimate of drug-likeness (QED) is 0.446. The first-order valence-corrected chi connectivity index (χ1v) is 8.72. The Morgan fingerprint density at radius 3 is 2.88 bits per heavy atom. The van der Waals surface area contributed by atoms with Crippen LogP contribution in [0.5, 0.6) is 0 Å². The van der Waals surface area contributed by atoms with Crippen LogP contribution in [-0.4, -0.2) is 27.4 Å². The molecule has 0 saturated heterocycles. The van der Waals surface area contributed by atoms with Crippen LogP contribution in [0.15, 0.2) is 42.5 Å². The molecule has 2 aromatic rings. The molecule has 8 heteroatoms. The Labute approximate surface area is 152 Å². The maximum absolute atomic E-state index is 12.0. The van der Waals surface area contributed by atoms with E-state index in [2.05, 4.69) is 37.2 Å². The Bertz CT molecular complexity index is 776. The zero-order chi connectivity index (χ0) is 18.2. The summed E-state index contributed by atoms with van der Waals surface area (Å²) in [5.41, 5.74) is 13.7. The number of nitrogens with one attached hydrogen (secondary N) is 3. The number of carbonyl (C=O) groups excluding carboxylic acids is 1. The molecule has 26 heavy (non-hydrogen) atoms. The third-order valence-electron chi connectivity index (χ3n) is 4.23. The Hall–Kier alpha value is -3.16. The van der Waals surface area contributed by atoms with Crippen molar-refractivity contribution in [1.29, 1.82) is 0 Å². The van der Waals surface area contributed by atoms with Crippen molar-refractivity contribution in [3.8, 4) is 0 Å². The molecule has 0 aliphatic heterocycles. The van der Waals surface area contributed by atoms with Crippen molar-refractivity contribution in [3.63, 3.8) is 0 Å². The predicted octanol–water partition coefficient (Wildman–Crippen LogP) is 2.51. The van der Waals surface area contributed by atoms with Crippen LogP contribution < -0.4 is 21.9 Å². The number of pyridine rings is 1. The van der Waals surface area contributed by atoms with E-state index >= 15 is 0 Å². The van der Waals surface area contributed by atoms with Crippen LogP contribution in [0.3, 0.4) is 0 Å². The van der Waals surface area contributed by atoms with E-state index in [1.807, 2.05) is 0 Å². The molecule has 2 aromatic heterocycles. The lowest BCUT2D eigenvalue weighted by Crippen LogP contribution is -2.30. The fourth-order valence-electron chi connectivity index (χ4n) is 2.79. The molecule has 0 bridgehead atoms. The zero-order valence-electron chi connectivity index (χ0n) is 14.5. The zero-order valence-corrected chi connectivity index (χ0v) is 14.5. The lowest BCUT2D eigenvalue weighted by Gasteiger charge is -2.15. The van der Waals surface area contributed by atoms with Gasteiger partial charge < -0.3 is 11.1 Å². The van der Waals surface area contributed by atoms with E-state index in [1.165, 1.54) is 43.8 Å². The monoisotopic (exact) mass is 353 g/mol. The minimum absolute atomic E-state index is 0.324. The van der Waals surface area contributed by atoms with Crippen molar-refractivity contribution < 1.29 is 4.79 Å². The molecule has 0 atom stereocenters. The van der Waals surface area contributed by atoms with Crippen LogP contribution in [0.2, 0.25) is 0 Å². The van der Waals surface area contributed by atoms with Crippen molar-refractivity contribution in [1.82, 2.24) is 20.4 Å². The van der Waals surface area contributed by atoms with Gasteiger partial charge in [0.15, 0.2) is 11.6 Å². The van der Waals surface area contributed by atoms with Crippen LogP contribution in [0, 0.1) is 0 Å². The standard InChI is InChI=1S/C18H23N7O/c19-15-16(21-10-8-13-5-2-1-3-6-13)22-12-23-17(15)24-25-18(26)14-7-4-9-20-11-14/h4-5,7,9,11-12H,1-3,6,8,10,19H2,(H,25,26)(H2,21,22,23,24). The molecule has 0 spiro atoms. The van der Waals surface area contributed by atoms with Gasteiger partial charge in [-0.1, -0.05) is 11.6 Å². The summed E-state index contributed by atoms with van der Waals surface area (Å²) >= 11 is 0. The maximum Gasteiger partial charge on any atom is 0.271 e. The molecule has 3 rings (SSSR count). The topological polar surface area (TPSA) is 118 Å². The lowest BCUT2D eigenvalue weighted by molar-refractivity contribution is 0.0962. The van der Waals surface area contributed by atoms with Gasteiger partial charge >= 0.3 is 0 Å². The Kier molecular flexibility index (Phi) is 5.97. The molecule has 0 radical (unpaired) electrons. The molecule has 0 aromatic carbocycles. The molecule has 0 saturated carbocycles. The van der Waals surface area contributed by atoms with Gasteiger partial charge in [-0.3, -0.25) is 20.6 Å². The van der Waals surface area contributed by atoms with Gasteiger partial charge in [0.2, 0.25) is 0 Å². The van der Waals surface area contributed by atoms with Gasteiger partial charge in [-0.25, -0.2) is 9.97 Å². The molecular formula is C18H23N7O. The SMILES string of the molecule is Nc1c(NCCC2=CCCCC2)ncnc1NNC(=O)c1cccnc1. The summed E-state index contributed by atoms with van der Waals surface area (Å²) in [5, 5.41) is 3.24. The summed E-state index contributed by atoms with van der Waals surface area (Å²) in [4.78, 5) is 24.2. The van der Waals surface area contributed by atoms with Gasteiger partial charge in [-0.2, -0.15) is 0 Å². The minimum atomic E-state index is -0.324. The third kappa shape index (κ3) is 4.69. The van der Waals surface area contributed by atoms with Gasteiger partial charge in [0, 0.05) is 18.9 Å². The highest BCUT2D eigenvalue weighted by molar-refractivity contribution is 5.94. The van der Waals surface area contributed by atoms with Crippen LogP contribution in [-0.2, 0) is 0 Å². The van der Waals surface area contributed by atoms with Crippen molar-refractivity contribution >= 4 is 23.2 Å². The number of rotatable bonds is 7. The molecule has 2 heterocycles. The molecular weight excluding hydrogens is 330 g/mol. The van der Waals surface area contributed by atoms with Crippen molar-refractivity contribution in [3.05, 3.63) is 48.1 Å². The predicted molar refractivity (Wildman–Crippen MR) is 101 cm³/mol. The molecule has 8 nitrogen and oxygen atoms in total. The number of anilines is 3. The fraction of sp³-hybridized carbons (Fsp3) is 0.333. The van der Waals surface area contributed by atoms with E-state index in [4.69, 9.17) is 5.73 Å². The fourth-order valence-corrected chi connectivity index (χ4v) is 2.79. The van der Waals surface area contributed by atoms with Gasteiger partial charge in [0.25, 0.3) is 5.91 Å². The van der Waals surface area contributed by atoms with Crippen LogP contribution in [0.1, 0.15) is 42.5 Å². The number of nitrogens with two attached hydrogens (primary N) is 1. The van der Waals surface area contributed by atoms with Gasteiger partial charge in [0.05, 0.1) is 5.56 Å². The van der Waals surface area contributed by atoms with Crippen molar-refractivity contribution in [2.75, 3.05) is 23.0 Å². The molecule has 0 unspecified atom stereocenters. The number of carbonyl (C=O) groups is 1. The summed E-state index contributed by atoms with van der Waals surface area (Å²) in [7, 11) is 0. The van der Waals surface area contributed by atoms with E-state index in [0.717, 1.165) is 13.0 Å². The maximum atomic E-state index is 12.0. The second-order valence-electron chi connectivity index (χ2n) is 6.09. The average molecular weight is 353 g/mol. The normalized spacial score (nSPS) is 13.6. The summed E-state index contributed by atoms with van der Waals surface area (Å²) < 4.78 is 0. The second-order valence-corrected chi connectivity index (χ2v) is 6.09. The van der Waals surface area contributed by atoms with Crippen molar-refractivity contribution in [2.24, 2.45) is 0 Å². The van der Waals surface area contributed by atoms with E-state index in [1.54, 1.807) is 18.3 Å². The van der Waals surface area contributed by atoms with E-state index in [9.17, 15) is 4.79 Å². The number of hydrogen-bond donors (Lipinski definition) is 4. The third-order valence-corrected chi connectivity index (χ3v) is 4.23. The van der Waals surface area contributed by atoms with Gasteiger partial charge in [-0.15, -0.1) is 0 Å². The Balaban J connectivity index is 1.54. The van der Waals surface area contributed by atoms with E-state index in [-0.39, 0.29) is 5.91 Å². The molecule has 0 fully saturated rings. The molecule has 1 aliphatic carbocycles. The summed E-state index contributed by atoms with van der Waals surface area (Å²) in [6, 6.07) is 3.36. The highest BCUT2D eigenvalue weighted by Crippen LogP contribution is 2.23. The van der Waals surface area contributed by atoms with E-state index < -0.39 is 0 Å². The highest BCUT2D eigenvalue weighted by Gasteiger charge is 2.10. The number of allylic oxidation sites excluding steroid dienone is 1. The highest BCUT2D eigenvalue weighted by atomic mass is 16.2. The smallest absolute Gasteiger partial charge is 0.271 e. The molecule has 136 valence electrons. The summed E-state index contributed by atoms with van der Waals surface area (Å²) in [6.07, 6.45) is 12.7. The Morgan fingerprint density at radius 2 is 2.12 bits per heavy atom. The Morgan fingerprint density at radius 1 is 1.23 bits per heavy atom. The second kappa shape index (κ2) is 8.80. The van der Waals surface area contributed by atoms with Crippen molar-refractivity contribution in [2.45, 2.75) is 32.1 Å². The number of nitrogens with zero attached hydrogens (tertiary/aromatic N) is 3. The molecule has 1 aliphatic rings. The first-order valence-electron chi connectivity index (χ1n) is 8.72. The van der Waals surface area contributed by atoms with Gasteiger partial charge in [0.1, 0.15) is 12.0 Å². The number of hydrogen-bond acceptors (Lipinski definition) is 7. The number of nitrogen functional groups attached to an aromatic ring is 1. The largest absolute Gasteiger partial charge is 0.393 e. The molecule has 5 N–H and O–H groups in total. The van der Waals surface area contributed by atoms with Gasteiger partial charge in [-0.05, 0) is 44.2 Å². The van der Waals surface area contributed by atoms with Crippen LogP contribution >= 0.6 is 0 Å². The van der Waals surface area contributed by atoms with Crippen LogP contribution in [0.4, 0.5) is 17.3 Å². The summed E-state index contributed by atoms with van der Waals surface area (Å²) in [6.45, 7) is 0.758. The number of aromatic nitrogens is 3.